The lowest BCUT2D eigenvalue weighted by Crippen LogP contribution is -2.04. The lowest BCUT2D eigenvalue weighted by Gasteiger charge is -2.22. The van der Waals surface area contributed by atoms with E-state index in [-0.39, 0.29) is 5.82 Å². The number of nitrogens with zero attached hydrogens (tertiary/aromatic N) is 1. The molecule has 0 aliphatic heterocycles. The van der Waals surface area contributed by atoms with Gasteiger partial charge in [-0.1, -0.05) is 61.7 Å². The molecule has 1 saturated carbocycles. The molecule has 0 unspecified atom stereocenters. The first kappa shape index (κ1) is 17.2. The molecule has 4 aromatic rings. The first-order chi connectivity index (χ1) is 13.8. The number of nitrogens with one attached hydrogen (secondary N) is 1. The number of hydrogen-bond acceptors (Lipinski definition) is 1. The van der Waals surface area contributed by atoms with Crippen LogP contribution in [0.2, 0.25) is 0 Å². The van der Waals surface area contributed by atoms with Crippen molar-refractivity contribution in [1.29, 1.82) is 0 Å². The Morgan fingerprint density at radius 1 is 0.821 bits per heavy atom. The zero-order valence-electron chi connectivity index (χ0n) is 15.8. The highest BCUT2D eigenvalue weighted by atomic mass is 19.1. The molecule has 1 heterocycles. The van der Waals surface area contributed by atoms with E-state index in [1.165, 1.54) is 37.7 Å². The molecule has 3 heteroatoms. The Morgan fingerprint density at radius 3 is 2.32 bits per heavy atom. The molecular weight excluding hydrogens is 347 g/mol. The van der Waals surface area contributed by atoms with Crippen LogP contribution in [-0.2, 0) is 0 Å². The van der Waals surface area contributed by atoms with Crippen molar-refractivity contribution in [2.24, 2.45) is 0 Å². The SMILES string of the molecule is Fc1cc(-c2ccc(C3CCCCC3)cc2)ccc1-c1nc2ccccc2[nH]1. The Morgan fingerprint density at radius 2 is 1.57 bits per heavy atom. The van der Waals surface area contributed by atoms with E-state index in [4.69, 9.17) is 0 Å². The maximum absolute atomic E-state index is 14.9. The van der Waals surface area contributed by atoms with Crippen molar-refractivity contribution in [1.82, 2.24) is 9.97 Å². The summed E-state index contributed by atoms with van der Waals surface area (Å²) in [4.78, 5) is 7.72. The van der Waals surface area contributed by atoms with E-state index in [1.807, 2.05) is 36.4 Å². The van der Waals surface area contributed by atoms with Crippen LogP contribution in [0.15, 0.2) is 66.7 Å². The predicted molar refractivity (Wildman–Crippen MR) is 113 cm³/mol. The van der Waals surface area contributed by atoms with E-state index < -0.39 is 0 Å². The van der Waals surface area contributed by atoms with E-state index in [0.29, 0.717) is 17.3 Å². The summed E-state index contributed by atoms with van der Waals surface area (Å²) in [5.41, 5.74) is 5.63. The zero-order valence-corrected chi connectivity index (χ0v) is 15.8. The fourth-order valence-corrected chi connectivity index (χ4v) is 4.35. The van der Waals surface area contributed by atoms with Gasteiger partial charge in [-0.2, -0.15) is 0 Å². The van der Waals surface area contributed by atoms with Gasteiger partial charge in [-0.25, -0.2) is 9.37 Å². The Labute approximate surface area is 164 Å². The maximum Gasteiger partial charge on any atom is 0.141 e. The molecule has 140 valence electrons. The van der Waals surface area contributed by atoms with Gasteiger partial charge in [0.15, 0.2) is 0 Å². The Hall–Kier alpha value is -2.94. The normalized spacial score (nSPS) is 15.2. The second kappa shape index (κ2) is 7.23. The molecule has 0 saturated heterocycles. The van der Waals surface area contributed by atoms with Crippen LogP contribution in [0.3, 0.4) is 0 Å². The van der Waals surface area contributed by atoms with Gasteiger partial charge >= 0.3 is 0 Å². The fraction of sp³-hybridized carbons (Fsp3) is 0.240. The fourth-order valence-electron chi connectivity index (χ4n) is 4.35. The monoisotopic (exact) mass is 370 g/mol. The van der Waals surface area contributed by atoms with E-state index in [0.717, 1.165) is 22.2 Å². The highest BCUT2D eigenvalue weighted by Crippen LogP contribution is 2.34. The van der Waals surface area contributed by atoms with Crippen LogP contribution in [0.5, 0.6) is 0 Å². The van der Waals surface area contributed by atoms with E-state index in [2.05, 4.69) is 34.2 Å². The minimum atomic E-state index is -0.257. The molecule has 0 spiro atoms. The first-order valence-corrected chi connectivity index (χ1v) is 10.1. The third-order valence-electron chi connectivity index (χ3n) is 5.93. The van der Waals surface area contributed by atoms with Gasteiger partial charge in [-0.3, -0.25) is 0 Å². The van der Waals surface area contributed by atoms with Gasteiger partial charge in [0.2, 0.25) is 0 Å². The van der Waals surface area contributed by atoms with Gasteiger partial charge in [-0.05, 0) is 59.7 Å². The van der Waals surface area contributed by atoms with Crippen LogP contribution in [0.25, 0.3) is 33.5 Å². The van der Waals surface area contributed by atoms with Crippen molar-refractivity contribution in [3.8, 4) is 22.5 Å². The molecule has 1 aliphatic rings. The summed E-state index contributed by atoms with van der Waals surface area (Å²) >= 11 is 0. The smallest absolute Gasteiger partial charge is 0.141 e. The zero-order chi connectivity index (χ0) is 18.9. The largest absolute Gasteiger partial charge is 0.338 e. The van der Waals surface area contributed by atoms with Crippen LogP contribution in [0, 0.1) is 5.82 Å². The standard InChI is InChI=1S/C25H23FN2/c26-22-16-20(19-12-10-18(11-13-19)17-6-2-1-3-7-17)14-15-21(22)25-27-23-8-4-5-9-24(23)28-25/h4-5,8-17H,1-3,6-7H2,(H,27,28). The third-order valence-corrected chi connectivity index (χ3v) is 5.93. The van der Waals surface area contributed by atoms with Gasteiger partial charge in [-0.15, -0.1) is 0 Å². The van der Waals surface area contributed by atoms with Crippen LogP contribution in [-0.4, -0.2) is 9.97 Å². The minimum Gasteiger partial charge on any atom is -0.338 e. The van der Waals surface area contributed by atoms with Gasteiger partial charge in [0.1, 0.15) is 11.6 Å². The molecule has 0 atom stereocenters. The molecule has 2 nitrogen and oxygen atoms in total. The Bertz CT molecular complexity index is 1070. The average molecular weight is 370 g/mol. The molecule has 0 bridgehead atoms. The number of fused-ring (bicyclic) bond motifs is 1. The topological polar surface area (TPSA) is 28.7 Å². The number of H-pyrrole nitrogens is 1. The number of rotatable bonds is 3. The molecule has 1 aliphatic carbocycles. The molecule has 0 amide bonds. The van der Waals surface area contributed by atoms with Crippen molar-refractivity contribution < 1.29 is 4.39 Å². The molecule has 3 aromatic carbocycles. The minimum absolute atomic E-state index is 0.257. The number of imidazole rings is 1. The van der Waals surface area contributed by atoms with E-state index in [1.54, 1.807) is 6.07 Å². The number of aromatic nitrogens is 2. The van der Waals surface area contributed by atoms with Gasteiger partial charge in [0.05, 0.1) is 16.6 Å². The number of hydrogen-bond donors (Lipinski definition) is 1. The van der Waals surface area contributed by atoms with Crippen molar-refractivity contribution in [3.63, 3.8) is 0 Å². The summed E-state index contributed by atoms with van der Waals surface area (Å²) < 4.78 is 14.9. The number of para-hydroxylation sites is 2. The van der Waals surface area contributed by atoms with Crippen molar-refractivity contribution in [2.45, 2.75) is 38.0 Å². The second-order valence-electron chi connectivity index (χ2n) is 7.75. The second-order valence-corrected chi connectivity index (χ2v) is 7.75. The quantitative estimate of drug-likeness (QED) is 0.410. The van der Waals surface area contributed by atoms with Crippen molar-refractivity contribution in [2.75, 3.05) is 0 Å². The summed E-state index contributed by atoms with van der Waals surface area (Å²) in [6, 6.07) is 21.8. The van der Waals surface area contributed by atoms with E-state index in [9.17, 15) is 4.39 Å². The summed E-state index contributed by atoms with van der Waals surface area (Å²) in [5, 5.41) is 0. The maximum atomic E-state index is 14.9. The van der Waals surface area contributed by atoms with E-state index >= 15 is 0 Å². The van der Waals surface area contributed by atoms with Crippen molar-refractivity contribution in [3.05, 3.63) is 78.1 Å². The van der Waals surface area contributed by atoms with Gasteiger partial charge < -0.3 is 4.98 Å². The molecule has 5 rings (SSSR count). The predicted octanol–water partition coefficient (Wildman–Crippen LogP) is 7.08. The third kappa shape index (κ3) is 3.22. The number of aromatic amines is 1. The lowest BCUT2D eigenvalue weighted by atomic mass is 9.83. The summed E-state index contributed by atoms with van der Waals surface area (Å²) in [6.45, 7) is 0. The molecule has 28 heavy (non-hydrogen) atoms. The first-order valence-electron chi connectivity index (χ1n) is 10.1. The molecule has 1 N–H and O–H groups in total. The Kier molecular flexibility index (Phi) is 4.44. The Balaban J connectivity index is 1.42. The van der Waals surface area contributed by atoms with Crippen LogP contribution < -0.4 is 0 Å². The lowest BCUT2D eigenvalue weighted by molar-refractivity contribution is 0.443. The summed E-state index contributed by atoms with van der Waals surface area (Å²) in [6.07, 6.45) is 6.62. The molecule has 1 aromatic heterocycles. The highest BCUT2D eigenvalue weighted by molar-refractivity contribution is 5.80. The molecule has 0 radical (unpaired) electrons. The summed E-state index contributed by atoms with van der Waals surface area (Å²) in [7, 11) is 0. The molecule has 1 fully saturated rings. The number of halogens is 1. The van der Waals surface area contributed by atoms with Crippen LogP contribution in [0.4, 0.5) is 4.39 Å². The van der Waals surface area contributed by atoms with Crippen molar-refractivity contribution >= 4 is 11.0 Å². The molecular formula is C25H23FN2. The van der Waals surface area contributed by atoms with Crippen LogP contribution in [0.1, 0.15) is 43.6 Å². The number of benzene rings is 3. The van der Waals surface area contributed by atoms with Gasteiger partial charge in [0.25, 0.3) is 0 Å². The van der Waals surface area contributed by atoms with Crippen LogP contribution >= 0.6 is 0 Å². The highest BCUT2D eigenvalue weighted by Gasteiger charge is 2.16. The summed E-state index contributed by atoms with van der Waals surface area (Å²) in [5.74, 6) is 1.00. The average Bonchev–Trinajstić information content (AvgIpc) is 3.18. The van der Waals surface area contributed by atoms with Gasteiger partial charge in [0, 0.05) is 0 Å².